The summed E-state index contributed by atoms with van der Waals surface area (Å²) in [6.45, 7) is 4.71. The van der Waals surface area contributed by atoms with Crippen molar-refractivity contribution in [1.29, 1.82) is 0 Å². The molecule has 0 radical (unpaired) electrons. The number of benzene rings is 6. The van der Waals surface area contributed by atoms with Crippen LogP contribution in [0.2, 0.25) is 0 Å². The second kappa shape index (κ2) is 8.07. The Morgan fingerprint density at radius 3 is 1.45 bits per heavy atom. The Labute approximate surface area is 270 Å². The molecule has 4 aromatic heterocycles. The van der Waals surface area contributed by atoms with Gasteiger partial charge >= 0.3 is 0 Å². The lowest BCUT2D eigenvalue weighted by molar-refractivity contribution is 1.11. The van der Waals surface area contributed by atoms with E-state index in [1.807, 2.05) is 0 Å². The van der Waals surface area contributed by atoms with Crippen molar-refractivity contribution in [2.75, 3.05) is 0 Å². The topological polar surface area (TPSA) is 18.7 Å². The average molecular weight is 599 g/mol. The van der Waals surface area contributed by atoms with E-state index in [1.54, 1.807) is 0 Å². The molecule has 6 heterocycles. The second-order valence-corrected chi connectivity index (χ2v) is 13.4. The molecule has 218 valence electrons. The van der Waals surface area contributed by atoms with Gasteiger partial charge < -0.3 is 0 Å². The number of imidazole rings is 2. The summed E-state index contributed by atoms with van der Waals surface area (Å²) in [6.07, 6.45) is 0. The van der Waals surface area contributed by atoms with Crippen LogP contribution in [0.5, 0.6) is 0 Å². The zero-order chi connectivity index (χ0) is 30.7. The molecule has 2 aliphatic heterocycles. The Morgan fingerprint density at radius 2 is 0.915 bits per heavy atom. The van der Waals surface area contributed by atoms with Crippen molar-refractivity contribution < 1.29 is 0 Å². The molecule has 0 atom stereocenters. The van der Waals surface area contributed by atoms with Crippen LogP contribution >= 0.6 is 0 Å². The standard InChI is InChI=1S/C42H27BN4/c1-24-28-14-6-8-18-32(28)44-34-20-10-16-30-39(34)46(41(24)44)36-22-27(26-12-4-3-5-13-26)23-37-38(36)43(30)31-17-11-21-35-40(31)47(37)42-25(2)29-15-7-9-19-33(29)45(35)42/h3-23H,1-2H3. The van der Waals surface area contributed by atoms with E-state index >= 15 is 0 Å². The lowest BCUT2D eigenvalue weighted by atomic mass is 9.34. The van der Waals surface area contributed by atoms with Crippen LogP contribution < -0.4 is 16.4 Å². The van der Waals surface area contributed by atoms with E-state index in [4.69, 9.17) is 0 Å². The molecule has 10 aromatic rings. The predicted octanol–water partition coefficient (Wildman–Crippen LogP) is 7.81. The Kier molecular flexibility index (Phi) is 4.17. The van der Waals surface area contributed by atoms with Crippen LogP contribution in [0.1, 0.15) is 11.1 Å². The number of aryl methyl sites for hydroxylation is 2. The van der Waals surface area contributed by atoms with Gasteiger partial charge in [0.1, 0.15) is 11.3 Å². The van der Waals surface area contributed by atoms with Crippen molar-refractivity contribution in [3.05, 3.63) is 139 Å². The molecular formula is C42H27BN4. The highest BCUT2D eigenvalue weighted by molar-refractivity contribution is 7.00. The van der Waals surface area contributed by atoms with Gasteiger partial charge in [0.05, 0.1) is 33.1 Å². The summed E-state index contributed by atoms with van der Waals surface area (Å²) in [5, 5.41) is 2.62. The van der Waals surface area contributed by atoms with Crippen molar-refractivity contribution in [1.82, 2.24) is 17.9 Å². The number of fused-ring (bicyclic) bond motifs is 14. The first-order valence-electron chi connectivity index (χ1n) is 16.5. The molecule has 2 aliphatic rings. The van der Waals surface area contributed by atoms with Crippen molar-refractivity contribution in [2.45, 2.75) is 13.8 Å². The van der Waals surface area contributed by atoms with Gasteiger partial charge in [-0.1, -0.05) is 91.0 Å². The van der Waals surface area contributed by atoms with Crippen molar-refractivity contribution in [3.63, 3.8) is 0 Å². The second-order valence-electron chi connectivity index (χ2n) is 13.4. The van der Waals surface area contributed by atoms with Crippen molar-refractivity contribution in [3.8, 4) is 22.5 Å². The van der Waals surface area contributed by atoms with E-state index < -0.39 is 0 Å². The maximum atomic E-state index is 2.59. The molecule has 0 unspecified atom stereocenters. The molecule has 5 heteroatoms. The minimum absolute atomic E-state index is 0.120. The number of aromatic nitrogens is 4. The normalized spacial score (nSPS) is 13.3. The zero-order valence-corrected chi connectivity index (χ0v) is 26.0. The zero-order valence-electron chi connectivity index (χ0n) is 26.0. The van der Waals surface area contributed by atoms with E-state index in [9.17, 15) is 0 Å². The van der Waals surface area contributed by atoms with Crippen LogP contribution in [-0.4, -0.2) is 24.6 Å². The van der Waals surface area contributed by atoms with E-state index in [1.165, 1.54) is 105 Å². The largest absolute Gasteiger partial charge is 0.295 e. The lowest BCUT2D eigenvalue weighted by Gasteiger charge is -2.33. The van der Waals surface area contributed by atoms with Crippen LogP contribution in [0.15, 0.2) is 127 Å². The van der Waals surface area contributed by atoms with Gasteiger partial charge in [-0.25, -0.2) is 0 Å². The lowest BCUT2D eigenvalue weighted by Crippen LogP contribution is -2.59. The smallest absolute Gasteiger partial charge is 0.252 e. The Hall–Kier alpha value is -5.94. The molecule has 0 fully saturated rings. The van der Waals surface area contributed by atoms with Crippen LogP contribution in [0.3, 0.4) is 0 Å². The Balaban J connectivity index is 1.36. The fourth-order valence-corrected chi connectivity index (χ4v) is 9.46. The van der Waals surface area contributed by atoms with Crippen LogP contribution in [-0.2, 0) is 0 Å². The first-order valence-corrected chi connectivity index (χ1v) is 16.5. The highest BCUT2D eigenvalue weighted by atomic mass is 15.2. The summed E-state index contributed by atoms with van der Waals surface area (Å²) in [7, 11) is 0. The SMILES string of the molecule is Cc1c2ccccc2n2c3cccc4c3n(c12)-c1cc(-c2ccccc2)cc2c1B4c1cccc3c1n-2c1c(C)c2ccccc2n31. The van der Waals surface area contributed by atoms with Gasteiger partial charge in [-0.15, -0.1) is 0 Å². The third-order valence-corrected chi connectivity index (χ3v) is 11.3. The highest BCUT2D eigenvalue weighted by Gasteiger charge is 2.42. The van der Waals surface area contributed by atoms with E-state index in [0.717, 1.165) is 0 Å². The number of nitrogens with zero attached hydrogens (tertiary/aromatic N) is 4. The predicted molar refractivity (Wildman–Crippen MR) is 197 cm³/mol. The number of rotatable bonds is 1. The molecule has 47 heavy (non-hydrogen) atoms. The molecule has 0 amide bonds. The van der Waals surface area contributed by atoms with Gasteiger partial charge in [0.15, 0.2) is 0 Å². The summed E-state index contributed by atoms with van der Waals surface area (Å²) in [5.74, 6) is 0. The molecule has 0 N–H and O–H groups in total. The molecular weight excluding hydrogens is 571 g/mol. The minimum atomic E-state index is 0.120. The summed E-state index contributed by atoms with van der Waals surface area (Å²) in [6, 6.07) is 47.5. The minimum Gasteiger partial charge on any atom is -0.295 e. The fourth-order valence-electron chi connectivity index (χ4n) is 9.46. The molecule has 0 saturated carbocycles. The summed E-state index contributed by atoms with van der Waals surface area (Å²) < 4.78 is 10.2. The van der Waals surface area contributed by atoms with Gasteiger partial charge in [-0.2, -0.15) is 0 Å². The number of para-hydroxylation sites is 4. The van der Waals surface area contributed by atoms with Crippen molar-refractivity contribution in [2.24, 2.45) is 0 Å². The van der Waals surface area contributed by atoms with E-state index in [-0.39, 0.29) is 6.71 Å². The van der Waals surface area contributed by atoms with Crippen LogP contribution in [0, 0.1) is 13.8 Å². The van der Waals surface area contributed by atoms with Gasteiger partial charge in [-0.05, 0) is 77.8 Å². The van der Waals surface area contributed by atoms with Gasteiger partial charge in [0, 0.05) is 33.3 Å². The van der Waals surface area contributed by atoms with Crippen LogP contribution in [0.4, 0.5) is 0 Å². The first kappa shape index (κ1) is 24.3. The maximum Gasteiger partial charge on any atom is 0.252 e. The molecule has 0 saturated heterocycles. The quantitative estimate of drug-likeness (QED) is 0.172. The number of hydrogen-bond acceptors (Lipinski definition) is 0. The van der Waals surface area contributed by atoms with Crippen LogP contribution in [0.25, 0.3) is 77.7 Å². The third kappa shape index (κ3) is 2.65. The fraction of sp³-hybridized carbons (Fsp3) is 0.0476. The molecule has 0 bridgehead atoms. The summed E-state index contributed by atoms with van der Waals surface area (Å²) in [5.41, 5.74) is 22.0. The van der Waals surface area contributed by atoms with E-state index in [0.29, 0.717) is 0 Å². The molecule has 6 aromatic carbocycles. The summed E-state index contributed by atoms with van der Waals surface area (Å²) >= 11 is 0. The van der Waals surface area contributed by atoms with E-state index in [2.05, 4.69) is 159 Å². The Morgan fingerprint density at radius 1 is 0.447 bits per heavy atom. The van der Waals surface area contributed by atoms with Gasteiger partial charge in [0.2, 0.25) is 0 Å². The number of hydrogen-bond donors (Lipinski definition) is 0. The maximum absolute atomic E-state index is 2.59. The highest BCUT2D eigenvalue weighted by Crippen LogP contribution is 2.41. The van der Waals surface area contributed by atoms with Crippen molar-refractivity contribution >= 4 is 78.3 Å². The Bertz CT molecular complexity index is 2860. The molecule has 12 rings (SSSR count). The van der Waals surface area contributed by atoms with Gasteiger partial charge in [-0.3, -0.25) is 17.9 Å². The molecule has 0 aliphatic carbocycles. The van der Waals surface area contributed by atoms with Gasteiger partial charge in [0.25, 0.3) is 6.71 Å². The average Bonchev–Trinajstić information content (AvgIpc) is 3.83. The summed E-state index contributed by atoms with van der Waals surface area (Å²) in [4.78, 5) is 0. The first-order chi connectivity index (χ1) is 23.2. The third-order valence-electron chi connectivity index (χ3n) is 11.3. The monoisotopic (exact) mass is 598 g/mol. The molecule has 4 nitrogen and oxygen atoms in total. The molecule has 0 spiro atoms.